The summed E-state index contributed by atoms with van der Waals surface area (Å²) >= 11 is 0. The van der Waals surface area contributed by atoms with Gasteiger partial charge in [0.15, 0.2) is 11.5 Å². The van der Waals surface area contributed by atoms with Gasteiger partial charge in [-0.25, -0.2) is 4.39 Å². The summed E-state index contributed by atoms with van der Waals surface area (Å²) in [6, 6.07) is 123. The normalized spacial score (nSPS) is 14.8. The van der Waals surface area contributed by atoms with E-state index in [2.05, 4.69) is 272 Å². The maximum absolute atomic E-state index is 13.5. The fourth-order valence-electron chi connectivity index (χ4n) is 21.1. The first-order valence-corrected chi connectivity index (χ1v) is 51.6. The number of nitrogens with zero attached hydrogens (tertiary/aromatic N) is 9. The van der Waals surface area contributed by atoms with Crippen LogP contribution in [0.3, 0.4) is 0 Å². The molecular weight excluding hydrogens is 1870 g/mol. The Bertz CT molecular complexity index is 7430. The van der Waals surface area contributed by atoms with Crippen LogP contribution in [0.1, 0.15) is 139 Å². The first-order valence-electron chi connectivity index (χ1n) is 51.6. The molecule has 0 unspecified atom stereocenters. The number of hydrogen-bond donors (Lipinski definition) is 6. The average Bonchev–Trinajstić information content (AvgIpc) is 1.66. The molecular formula is C125H128FN15O9. The number of piperazine rings is 4. The lowest BCUT2D eigenvalue weighted by atomic mass is 9.96. The van der Waals surface area contributed by atoms with Crippen LogP contribution in [0.5, 0.6) is 11.5 Å². The molecule has 25 heteroatoms. The highest BCUT2D eigenvalue weighted by atomic mass is 19.1. The first kappa shape index (κ1) is 104. The lowest BCUT2D eigenvalue weighted by molar-refractivity contribution is -0.377. The number of aromatic amines is 4. The van der Waals surface area contributed by atoms with Crippen LogP contribution in [0.15, 0.2) is 364 Å². The Balaban J connectivity index is 0.000000123. The number of benzene rings is 14. The number of anilines is 1. The van der Waals surface area contributed by atoms with E-state index in [9.17, 15) is 33.3 Å². The zero-order chi connectivity index (χ0) is 103. The topological polar surface area (TPSA) is 269 Å². The lowest BCUT2D eigenvalue weighted by Gasteiger charge is -2.39. The van der Waals surface area contributed by atoms with Crippen molar-refractivity contribution in [2.75, 3.05) is 137 Å². The van der Waals surface area contributed by atoms with Gasteiger partial charge in [0.25, 0.3) is 35.2 Å². The van der Waals surface area contributed by atoms with Gasteiger partial charge in [-0.3, -0.25) is 43.6 Å². The number of aromatic nitrogens is 4. The zero-order valence-corrected chi connectivity index (χ0v) is 85.4. The number of hydrogen-bond acceptors (Lipinski definition) is 14. The number of rotatable bonds is 21. The van der Waals surface area contributed by atoms with Crippen LogP contribution in [0, 0.1) is 31.5 Å². The molecule has 4 aromatic heterocycles. The zero-order valence-electron chi connectivity index (χ0n) is 85.4. The van der Waals surface area contributed by atoms with Crippen molar-refractivity contribution >= 4 is 95.3 Å². The molecule has 150 heavy (non-hydrogen) atoms. The number of nitroso groups, excluding NO2 is 1. The number of halogens is 1. The number of methoxy groups -OCH3 is 2. The van der Waals surface area contributed by atoms with E-state index >= 15 is 0 Å². The Hall–Kier alpha value is -16.4. The molecule has 14 aromatic carbocycles. The van der Waals surface area contributed by atoms with Crippen LogP contribution in [-0.2, 0) is 6.54 Å². The van der Waals surface area contributed by atoms with Crippen LogP contribution in [0.25, 0.3) is 54.4 Å². The van der Waals surface area contributed by atoms with Gasteiger partial charge >= 0.3 is 0 Å². The van der Waals surface area contributed by atoms with Gasteiger partial charge in [0, 0.05) is 202 Å². The summed E-state index contributed by atoms with van der Waals surface area (Å²) < 4.78 is 24.2. The molecule has 0 spiro atoms. The Labute approximate surface area is 874 Å². The number of likely N-dealkylation sites (tertiary alicyclic amines) is 1. The summed E-state index contributed by atoms with van der Waals surface area (Å²) in [7, 11) is 3.22. The smallest absolute Gasteiger partial charge is 0.277 e. The van der Waals surface area contributed by atoms with Gasteiger partial charge in [-0.2, -0.15) is 0 Å². The SMILES string of the molecule is COc1cc2cc(C(=O)N3CCN(C(c4ccccc4)c4ccccc4)CC3)[nH]c2cc1OC.Cc1ccc(CN2CCN(C(=O)c3cc4cc(C)ccc4[nH]3)CC2)cc1.Cc1ccc2[nH]c(C(=O)N3CCC(Nc4ccccc4)CC3)cc2c1.O=C(c1ccc2cc(F)ccc2c1)N1CCN(C(c2ccccc2)c2ccccc2)CC1.O=[NH+]c1cccc2cc(C(=O)N3CCN(C(c4ccccc4)c4ccccc4)CC3)[nH]c12.[OH-]. The van der Waals surface area contributed by atoms with Crippen molar-refractivity contribution in [1.82, 2.24) is 64.0 Å². The highest BCUT2D eigenvalue weighted by Crippen LogP contribution is 2.38. The van der Waals surface area contributed by atoms with E-state index in [1.807, 2.05) is 151 Å². The summed E-state index contributed by atoms with van der Waals surface area (Å²) in [5.74, 6) is 1.25. The number of carbonyl (C=O) groups excluding carboxylic acids is 5. The predicted octanol–water partition coefficient (Wildman–Crippen LogP) is 21.2. The largest absolute Gasteiger partial charge is 0.870 e. The van der Waals surface area contributed by atoms with Crippen molar-refractivity contribution < 1.29 is 48.5 Å². The average molecular weight is 2000 g/mol. The molecule has 764 valence electrons. The van der Waals surface area contributed by atoms with Gasteiger partial charge in [-0.05, 0) is 174 Å². The van der Waals surface area contributed by atoms with E-state index in [1.54, 1.807) is 38.5 Å². The molecule has 5 aliphatic rings. The molecule has 9 heterocycles. The number of piperidine rings is 1. The number of aryl methyl sites for hydroxylation is 3. The number of ether oxygens (including phenoxy) is 2. The van der Waals surface area contributed by atoms with Crippen molar-refractivity contribution in [2.45, 2.75) is 64.3 Å². The predicted molar refractivity (Wildman–Crippen MR) is 594 cm³/mol. The third-order valence-corrected chi connectivity index (χ3v) is 29.1. The molecule has 0 aliphatic carbocycles. The Morgan fingerprint density at radius 1 is 0.327 bits per heavy atom. The summed E-state index contributed by atoms with van der Waals surface area (Å²) in [4.78, 5) is 109. The number of nitrogens with one attached hydrogen (secondary N) is 6. The van der Waals surface area contributed by atoms with Gasteiger partial charge < -0.3 is 64.7 Å². The third kappa shape index (κ3) is 25.0. The van der Waals surface area contributed by atoms with E-state index in [4.69, 9.17) is 9.47 Å². The number of para-hydroxylation sites is 2. The van der Waals surface area contributed by atoms with E-state index in [-0.39, 0.29) is 59.0 Å². The van der Waals surface area contributed by atoms with Gasteiger partial charge in [-0.15, -0.1) is 0 Å². The highest BCUT2D eigenvalue weighted by molar-refractivity contribution is 6.03. The molecule has 5 amide bonds. The molecule has 18 aromatic rings. The second-order valence-electron chi connectivity index (χ2n) is 39.1. The summed E-state index contributed by atoms with van der Waals surface area (Å²) in [5, 5.41) is 11.2. The number of amides is 5. The minimum atomic E-state index is -0.265. The van der Waals surface area contributed by atoms with Crippen LogP contribution >= 0.6 is 0 Å². The van der Waals surface area contributed by atoms with Crippen molar-refractivity contribution in [1.29, 1.82) is 0 Å². The quantitative estimate of drug-likeness (QED) is 0.0391. The molecule has 0 saturated carbocycles. The maximum Gasteiger partial charge on any atom is 0.277 e. The monoisotopic (exact) mass is 2000 g/mol. The molecule has 5 fully saturated rings. The van der Waals surface area contributed by atoms with E-state index in [1.165, 1.54) is 67.8 Å². The Kier molecular flexibility index (Phi) is 33.8. The molecule has 7 N–H and O–H groups in total. The fraction of sp³-hybridized carbons (Fsp3) is 0.240. The second-order valence-corrected chi connectivity index (χ2v) is 39.1. The van der Waals surface area contributed by atoms with Gasteiger partial charge in [-0.1, -0.05) is 278 Å². The van der Waals surface area contributed by atoms with Crippen molar-refractivity contribution in [3.05, 3.63) is 459 Å². The summed E-state index contributed by atoms with van der Waals surface area (Å²) in [6.45, 7) is 21.0. The minimum absolute atomic E-state index is 0. The highest BCUT2D eigenvalue weighted by Gasteiger charge is 2.35. The summed E-state index contributed by atoms with van der Waals surface area (Å²) in [5.41, 5.74) is 20.9. The summed E-state index contributed by atoms with van der Waals surface area (Å²) in [6.07, 6.45) is 1.94. The van der Waals surface area contributed by atoms with Crippen molar-refractivity contribution in [3.63, 3.8) is 0 Å². The van der Waals surface area contributed by atoms with Crippen molar-refractivity contribution in [3.8, 4) is 11.5 Å². The standard InChI is InChI=1S/C28H25FN2O.C28H29N3O3.C26H24N4O2.C22H25N3O.C21H23N3O.H2O/c29-26-14-13-23-19-25(12-11-24(23)20-26)28(32)31-17-15-30(16-18-31)27(21-7-3-1-4-8-21)22-9-5-2-6-10-22;1-33-25-18-22-17-24(29-23(22)19-26(25)34-2)28(32)31-15-13-30(14-16-31)27(20-9-5-3-6-10-20)21-11-7-4-8-12-21;31-26(23-18-21-12-7-13-22(28-32)24(21)27-23)30-16-14-29(15-17-30)25(19-8-3-1-4-9-19)20-10-5-2-6-11-20;1-16-3-6-18(7-4-16)15-24-9-11-25(12-10-24)22(26)21-14-19-13-17(2)5-8-20(19)23-21;1-15-7-8-19-16(13-15)14-20(23-19)21(25)24-11-9-18(10-12-24)22-17-5-3-2-4-6-17;/h1-14,19-20,27H,15-18H2;3-12,17-19,27,29H,13-16H2,1-2H3;1-13,18,25,27H,14-17H2;3-8,13-14,23H,9-12,15H2,1-2H3;2-8,13-14,18,22-23H,9-12H2,1H3;1H2. The first-order chi connectivity index (χ1) is 72.9. The Morgan fingerprint density at radius 2 is 0.680 bits per heavy atom. The van der Waals surface area contributed by atoms with Crippen LogP contribution in [-0.4, -0.2) is 237 Å². The van der Waals surface area contributed by atoms with Crippen LogP contribution in [0.2, 0.25) is 0 Å². The van der Waals surface area contributed by atoms with Gasteiger partial charge in [0.05, 0.1) is 32.3 Å². The number of H-pyrrole nitrogens is 4. The van der Waals surface area contributed by atoms with E-state index in [0.29, 0.717) is 96.4 Å². The molecule has 0 atom stereocenters. The second kappa shape index (κ2) is 48.9. The maximum atomic E-state index is 13.5. The Morgan fingerprint density at radius 3 is 1.10 bits per heavy atom. The fourth-order valence-corrected chi connectivity index (χ4v) is 21.1. The molecule has 5 saturated heterocycles. The minimum Gasteiger partial charge on any atom is -0.870 e. The van der Waals surface area contributed by atoms with Crippen LogP contribution < -0.4 is 20.0 Å². The van der Waals surface area contributed by atoms with Gasteiger partial charge in [0.1, 0.15) is 34.1 Å². The third-order valence-electron chi connectivity index (χ3n) is 29.1. The molecule has 5 aliphatic heterocycles. The van der Waals surface area contributed by atoms with E-state index < -0.39 is 0 Å². The molecule has 0 radical (unpaired) electrons. The number of carbonyl (C=O) groups is 5. The van der Waals surface area contributed by atoms with E-state index in [0.717, 1.165) is 152 Å². The molecule has 0 bridgehead atoms. The molecule has 23 rings (SSSR count). The lowest BCUT2D eigenvalue weighted by Crippen LogP contribution is -2.55. The van der Waals surface area contributed by atoms with Crippen molar-refractivity contribution in [2.24, 2.45) is 0 Å². The van der Waals surface area contributed by atoms with Gasteiger partial charge in [0.2, 0.25) is 0 Å². The van der Waals surface area contributed by atoms with Crippen LogP contribution in [0.4, 0.5) is 15.8 Å². The molecule has 24 nitrogen and oxygen atoms in total. The number of fused-ring (bicyclic) bond motifs is 5.